The molecule has 3 nitrogen and oxygen atoms in total. The normalized spacial score (nSPS) is 19.4. The molecule has 1 aromatic rings. The summed E-state index contributed by atoms with van der Waals surface area (Å²) in [5.41, 5.74) is 0.860. The fraction of sp³-hybridized carbons (Fsp3) is 0.400. The van der Waals surface area contributed by atoms with Crippen LogP contribution in [-0.4, -0.2) is 23.0 Å². The quantitative estimate of drug-likeness (QED) is 0.651. The summed E-state index contributed by atoms with van der Waals surface area (Å²) in [5.74, 6) is 0.707. The zero-order chi connectivity index (χ0) is 9.31. The van der Waals surface area contributed by atoms with Crippen LogP contribution in [0.15, 0.2) is 29.5 Å². The predicted molar refractivity (Wildman–Crippen MR) is 50.8 cm³/mol. The van der Waals surface area contributed by atoms with Gasteiger partial charge in [-0.2, -0.15) is 0 Å². The molecule has 1 aliphatic heterocycles. The molecule has 0 atom stereocenters. The Bertz CT molecular complexity index is 330. The topological polar surface area (TPSA) is 34.5 Å². The Balaban J connectivity index is 2.30. The lowest BCUT2D eigenvalue weighted by molar-refractivity contribution is 0.279. The number of rotatable bonds is 1. The third kappa shape index (κ3) is 1.69. The molecule has 0 fully saturated rings. The second-order valence-electron chi connectivity index (χ2n) is 3.76. The Hall–Kier alpha value is -1.38. The van der Waals surface area contributed by atoms with Crippen LogP contribution in [0.3, 0.4) is 0 Å². The van der Waals surface area contributed by atoms with Gasteiger partial charge in [0, 0.05) is 12.4 Å². The summed E-state index contributed by atoms with van der Waals surface area (Å²) in [5, 5.41) is 0. The van der Waals surface area contributed by atoms with Crippen LogP contribution in [0.5, 0.6) is 0 Å². The second-order valence-corrected chi connectivity index (χ2v) is 3.76. The van der Waals surface area contributed by atoms with E-state index < -0.39 is 0 Å². The van der Waals surface area contributed by atoms with Crippen molar-refractivity contribution in [2.24, 2.45) is 4.99 Å². The van der Waals surface area contributed by atoms with Crippen LogP contribution in [0.1, 0.15) is 19.4 Å². The highest BCUT2D eigenvalue weighted by atomic mass is 16.5. The summed E-state index contributed by atoms with van der Waals surface area (Å²) in [6.07, 6.45) is 3.50. The van der Waals surface area contributed by atoms with Gasteiger partial charge in [0.25, 0.3) is 0 Å². The van der Waals surface area contributed by atoms with Crippen LogP contribution < -0.4 is 0 Å². The Morgan fingerprint density at radius 1 is 1.46 bits per heavy atom. The minimum Gasteiger partial charge on any atom is -0.475 e. The molecule has 3 heteroatoms. The molecule has 0 saturated carbocycles. The van der Waals surface area contributed by atoms with Crippen molar-refractivity contribution in [2.75, 3.05) is 6.61 Å². The van der Waals surface area contributed by atoms with E-state index in [-0.39, 0.29) is 5.54 Å². The number of nitrogens with zero attached hydrogens (tertiary/aromatic N) is 2. The van der Waals surface area contributed by atoms with E-state index >= 15 is 0 Å². The molecule has 13 heavy (non-hydrogen) atoms. The van der Waals surface area contributed by atoms with Crippen LogP contribution >= 0.6 is 0 Å². The average Bonchev–Trinajstić information content (AvgIpc) is 2.48. The van der Waals surface area contributed by atoms with Gasteiger partial charge in [0.1, 0.15) is 6.61 Å². The largest absolute Gasteiger partial charge is 0.475 e. The Morgan fingerprint density at radius 2 is 2.31 bits per heavy atom. The van der Waals surface area contributed by atoms with Crippen molar-refractivity contribution in [2.45, 2.75) is 19.4 Å². The van der Waals surface area contributed by atoms with Gasteiger partial charge in [0.05, 0.1) is 11.1 Å². The van der Waals surface area contributed by atoms with Crippen LogP contribution in [0.25, 0.3) is 0 Å². The predicted octanol–water partition coefficient (Wildman–Crippen LogP) is 1.64. The molecule has 0 amide bonds. The Labute approximate surface area is 77.5 Å². The van der Waals surface area contributed by atoms with Crippen molar-refractivity contribution < 1.29 is 4.74 Å². The number of ether oxygens (including phenoxy) is 1. The fourth-order valence-corrected chi connectivity index (χ4v) is 1.22. The first-order valence-electron chi connectivity index (χ1n) is 4.30. The van der Waals surface area contributed by atoms with Gasteiger partial charge in [-0.25, -0.2) is 4.99 Å². The van der Waals surface area contributed by atoms with Crippen LogP contribution in [0, 0.1) is 0 Å². The standard InChI is InChI=1S/C10H12N2O/c1-10(2)7-13-9(12-10)8-4-3-5-11-6-8/h3-6H,7H2,1-2H3. The zero-order valence-electron chi connectivity index (χ0n) is 7.82. The molecule has 2 rings (SSSR count). The van der Waals surface area contributed by atoms with E-state index in [0.717, 1.165) is 5.56 Å². The van der Waals surface area contributed by atoms with Crippen molar-refractivity contribution in [1.29, 1.82) is 0 Å². The molecular formula is C10H12N2O. The summed E-state index contributed by atoms with van der Waals surface area (Å²) in [4.78, 5) is 8.46. The molecule has 0 N–H and O–H groups in total. The Kier molecular flexibility index (Phi) is 1.79. The average molecular weight is 176 g/mol. The van der Waals surface area contributed by atoms with Gasteiger partial charge in [0.15, 0.2) is 0 Å². The van der Waals surface area contributed by atoms with Gasteiger partial charge in [-0.05, 0) is 26.0 Å². The first-order valence-corrected chi connectivity index (χ1v) is 4.30. The van der Waals surface area contributed by atoms with E-state index in [0.29, 0.717) is 12.5 Å². The molecule has 1 aromatic heterocycles. The summed E-state index contributed by atoms with van der Waals surface area (Å²) in [6.45, 7) is 4.75. The lowest BCUT2D eigenvalue weighted by Gasteiger charge is -2.07. The minimum absolute atomic E-state index is 0.0921. The van der Waals surface area contributed by atoms with Crippen LogP contribution in [0.2, 0.25) is 0 Å². The van der Waals surface area contributed by atoms with Gasteiger partial charge in [-0.3, -0.25) is 4.98 Å². The van der Waals surface area contributed by atoms with Gasteiger partial charge >= 0.3 is 0 Å². The summed E-state index contributed by atoms with van der Waals surface area (Å²) in [7, 11) is 0. The maximum atomic E-state index is 5.46. The molecule has 0 bridgehead atoms. The highest BCUT2D eigenvalue weighted by molar-refractivity contribution is 5.95. The van der Waals surface area contributed by atoms with E-state index in [1.165, 1.54) is 0 Å². The summed E-state index contributed by atoms with van der Waals surface area (Å²) >= 11 is 0. The molecule has 0 aliphatic carbocycles. The van der Waals surface area contributed by atoms with E-state index in [2.05, 4.69) is 23.8 Å². The number of hydrogen-bond acceptors (Lipinski definition) is 3. The number of aliphatic imine (C=N–C) groups is 1. The molecule has 0 spiro atoms. The minimum atomic E-state index is -0.0921. The molecule has 2 heterocycles. The molecule has 0 saturated heterocycles. The Morgan fingerprint density at radius 3 is 2.85 bits per heavy atom. The maximum Gasteiger partial charge on any atom is 0.218 e. The first kappa shape index (κ1) is 8.23. The molecular weight excluding hydrogens is 164 g/mol. The van der Waals surface area contributed by atoms with E-state index in [1.54, 1.807) is 12.4 Å². The fourth-order valence-electron chi connectivity index (χ4n) is 1.22. The third-order valence-electron chi connectivity index (χ3n) is 1.87. The molecule has 0 aromatic carbocycles. The summed E-state index contributed by atoms with van der Waals surface area (Å²) in [6, 6.07) is 3.83. The number of aromatic nitrogens is 1. The van der Waals surface area contributed by atoms with Crippen molar-refractivity contribution in [3.05, 3.63) is 30.1 Å². The zero-order valence-corrected chi connectivity index (χ0v) is 7.82. The van der Waals surface area contributed by atoms with Gasteiger partial charge in [-0.1, -0.05) is 0 Å². The lowest BCUT2D eigenvalue weighted by Crippen LogP contribution is -2.17. The van der Waals surface area contributed by atoms with Crippen molar-refractivity contribution in [1.82, 2.24) is 4.98 Å². The molecule has 0 unspecified atom stereocenters. The first-order chi connectivity index (χ1) is 6.17. The van der Waals surface area contributed by atoms with Gasteiger partial charge in [-0.15, -0.1) is 0 Å². The maximum absolute atomic E-state index is 5.46. The van der Waals surface area contributed by atoms with Gasteiger partial charge < -0.3 is 4.74 Å². The van der Waals surface area contributed by atoms with Gasteiger partial charge in [0.2, 0.25) is 5.90 Å². The number of hydrogen-bond donors (Lipinski definition) is 0. The molecule has 0 radical (unpaired) electrons. The molecule has 1 aliphatic rings. The van der Waals surface area contributed by atoms with Crippen molar-refractivity contribution in [3.8, 4) is 0 Å². The monoisotopic (exact) mass is 176 g/mol. The van der Waals surface area contributed by atoms with Crippen LogP contribution in [0.4, 0.5) is 0 Å². The highest BCUT2D eigenvalue weighted by Crippen LogP contribution is 2.19. The highest BCUT2D eigenvalue weighted by Gasteiger charge is 2.26. The third-order valence-corrected chi connectivity index (χ3v) is 1.87. The lowest BCUT2D eigenvalue weighted by atomic mass is 10.1. The van der Waals surface area contributed by atoms with E-state index in [1.807, 2.05) is 12.1 Å². The van der Waals surface area contributed by atoms with E-state index in [4.69, 9.17) is 4.74 Å². The number of pyridine rings is 1. The smallest absolute Gasteiger partial charge is 0.218 e. The second kappa shape index (κ2) is 2.83. The SMILES string of the molecule is CC1(C)COC(c2cccnc2)=N1. The van der Waals surface area contributed by atoms with Crippen LogP contribution in [-0.2, 0) is 4.74 Å². The molecule has 68 valence electrons. The summed E-state index contributed by atoms with van der Waals surface area (Å²) < 4.78 is 5.46. The van der Waals surface area contributed by atoms with E-state index in [9.17, 15) is 0 Å². The van der Waals surface area contributed by atoms with Crippen molar-refractivity contribution in [3.63, 3.8) is 0 Å². The van der Waals surface area contributed by atoms with Crippen molar-refractivity contribution >= 4 is 5.90 Å².